The second-order valence-corrected chi connectivity index (χ2v) is 8.63. The molecule has 1 saturated carbocycles. The van der Waals surface area contributed by atoms with Gasteiger partial charge >= 0.3 is 11.9 Å². The maximum atomic E-state index is 13.0. The lowest BCUT2D eigenvalue weighted by Crippen LogP contribution is -2.36. The maximum absolute atomic E-state index is 13.0. The largest absolute Gasteiger partial charge is 0.481 e. The van der Waals surface area contributed by atoms with E-state index in [1.807, 2.05) is 19.1 Å². The molecule has 7 heteroatoms. The van der Waals surface area contributed by atoms with Gasteiger partial charge in [0.25, 0.3) is 0 Å². The van der Waals surface area contributed by atoms with E-state index >= 15 is 0 Å². The number of thiophene rings is 1. The standard InChI is InChI=1S/C20H23NO5S/c1-2-8-26-20(25)16-12-4-3-5-13(12)27-18(16)21-17(22)14-10-6-7-11(9-10)15(14)19(23)24/h6-7,10-11,14-15H,2-5,8-9H2,1H3,(H,21,22)(H,23,24). The Labute approximate surface area is 161 Å². The Morgan fingerprint density at radius 1 is 1.22 bits per heavy atom. The van der Waals surface area contributed by atoms with Gasteiger partial charge in [-0.05, 0) is 49.5 Å². The predicted molar refractivity (Wildman–Crippen MR) is 101 cm³/mol. The summed E-state index contributed by atoms with van der Waals surface area (Å²) in [4.78, 5) is 38.4. The van der Waals surface area contributed by atoms with Gasteiger partial charge in [-0.3, -0.25) is 9.59 Å². The summed E-state index contributed by atoms with van der Waals surface area (Å²) in [5.41, 5.74) is 1.46. The van der Waals surface area contributed by atoms with Gasteiger partial charge in [-0.1, -0.05) is 19.1 Å². The third-order valence-electron chi connectivity index (χ3n) is 5.85. The average Bonchev–Trinajstić information content (AvgIpc) is 3.38. The van der Waals surface area contributed by atoms with Gasteiger partial charge in [0.1, 0.15) is 5.00 Å². The third-order valence-corrected chi connectivity index (χ3v) is 7.05. The highest BCUT2D eigenvalue weighted by atomic mass is 32.1. The molecule has 144 valence electrons. The minimum Gasteiger partial charge on any atom is -0.481 e. The number of amides is 1. The van der Waals surface area contributed by atoms with E-state index in [1.54, 1.807) is 0 Å². The fourth-order valence-corrected chi connectivity index (χ4v) is 5.97. The van der Waals surface area contributed by atoms with Crippen molar-refractivity contribution in [1.82, 2.24) is 0 Å². The van der Waals surface area contributed by atoms with Gasteiger partial charge < -0.3 is 15.2 Å². The fraction of sp³-hybridized carbons (Fsp3) is 0.550. The van der Waals surface area contributed by atoms with Crippen LogP contribution < -0.4 is 5.32 Å². The molecule has 1 heterocycles. The molecule has 0 aliphatic heterocycles. The molecular weight excluding hydrogens is 366 g/mol. The van der Waals surface area contributed by atoms with Crippen molar-refractivity contribution >= 4 is 34.2 Å². The first-order valence-corrected chi connectivity index (χ1v) is 10.4. The van der Waals surface area contributed by atoms with Gasteiger partial charge in [-0.15, -0.1) is 11.3 Å². The molecule has 1 aromatic heterocycles. The number of aliphatic carboxylic acids is 1. The Morgan fingerprint density at radius 3 is 2.67 bits per heavy atom. The first-order valence-electron chi connectivity index (χ1n) is 9.55. The number of rotatable bonds is 6. The number of anilines is 1. The summed E-state index contributed by atoms with van der Waals surface area (Å²) in [6.07, 6.45) is 8.03. The van der Waals surface area contributed by atoms with Crippen LogP contribution in [0.4, 0.5) is 5.00 Å². The molecule has 27 heavy (non-hydrogen) atoms. The van der Waals surface area contributed by atoms with Crippen LogP contribution in [0.1, 0.15) is 47.0 Å². The van der Waals surface area contributed by atoms with E-state index in [1.165, 1.54) is 11.3 Å². The lowest BCUT2D eigenvalue weighted by atomic mass is 9.82. The summed E-state index contributed by atoms with van der Waals surface area (Å²) in [6, 6.07) is 0. The minimum atomic E-state index is -0.928. The molecule has 6 nitrogen and oxygen atoms in total. The number of nitrogens with one attached hydrogen (secondary N) is 1. The smallest absolute Gasteiger partial charge is 0.341 e. The summed E-state index contributed by atoms with van der Waals surface area (Å²) in [5, 5.41) is 13.0. The van der Waals surface area contributed by atoms with Crippen LogP contribution in [-0.2, 0) is 27.2 Å². The van der Waals surface area contributed by atoms with E-state index in [0.29, 0.717) is 23.6 Å². The molecule has 2 bridgehead atoms. The van der Waals surface area contributed by atoms with Crippen LogP contribution in [0.25, 0.3) is 0 Å². The van der Waals surface area contributed by atoms with Crippen LogP contribution >= 0.6 is 11.3 Å². The number of aryl methyl sites for hydroxylation is 1. The van der Waals surface area contributed by atoms with Crippen LogP contribution in [0, 0.1) is 23.7 Å². The molecule has 2 N–H and O–H groups in total. The van der Waals surface area contributed by atoms with Gasteiger partial charge in [-0.2, -0.15) is 0 Å². The van der Waals surface area contributed by atoms with E-state index in [2.05, 4.69) is 5.32 Å². The highest BCUT2D eigenvalue weighted by molar-refractivity contribution is 7.17. The molecule has 3 aliphatic carbocycles. The molecule has 0 spiro atoms. The highest BCUT2D eigenvalue weighted by Gasteiger charge is 2.51. The molecule has 0 aromatic carbocycles. The summed E-state index contributed by atoms with van der Waals surface area (Å²) >= 11 is 1.43. The Hall–Kier alpha value is -2.15. The summed E-state index contributed by atoms with van der Waals surface area (Å²) < 4.78 is 5.33. The van der Waals surface area contributed by atoms with E-state index in [4.69, 9.17) is 4.74 Å². The molecule has 1 aromatic rings. The van der Waals surface area contributed by atoms with Gasteiger partial charge in [0.2, 0.25) is 5.91 Å². The number of fused-ring (bicyclic) bond motifs is 3. The molecule has 4 rings (SSSR count). The van der Waals surface area contributed by atoms with Crippen molar-refractivity contribution in [2.75, 3.05) is 11.9 Å². The zero-order valence-electron chi connectivity index (χ0n) is 15.2. The molecule has 1 fully saturated rings. The predicted octanol–water partition coefficient (Wildman–Crippen LogP) is 3.27. The van der Waals surface area contributed by atoms with Crippen molar-refractivity contribution in [1.29, 1.82) is 0 Å². The van der Waals surface area contributed by atoms with Crippen molar-refractivity contribution in [3.05, 3.63) is 28.2 Å². The zero-order chi connectivity index (χ0) is 19.1. The molecule has 3 aliphatic rings. The lowest BCUT2D eigenvalue weighted by molar-refractivity contribution is -0.146. The lowest BCUT2D eigenvalue weighted by Gasteiger charge is -2.23. The Balaban J connectivity index is 1.59. The highest BCUT2D eigenvalue weighted by Crippen LogP contribution is 2.49. The molecule has 0 radical (unpaired) electrons. The molecule has 0 saturated heterocycles. The van der Waals surface area contributed by atoms with Gasteiger partial charge in [0.15, 0.2) is 0 Å². The monoisotopic (exact) mass is 389 g/mol. The quantitative estimate of drug-likeness (QED) is 0.575. The Kier molecular flexibility index (Phi) is 4.80. The van der Waals surface area contributed by atoms with Crippen LogP contribution in [-0.4, -0.2) is 29.6 Å². The zero-order valence-corrected chi connectivity index (χ0v) is 16.0. The maximum Gasteiger partial charge on any atom is 0.341 e. The van der Waals surface area contributed by atoms with Crippen molar-refractivity contribution in [2.45, 2.75) is 39.0 Å². The van der Waals surface area contributed by atoms with E-state index < -0.39 is 23.8 Å². The molecular formula is C20H23NO5S. The first kappa shape index (κ1) is 18.2. The van der Waals surface area contributed by atoms with Crippen LogP contribution in [0.3, 0.4) is 0 Å². The Morgan fingerprint density at radius 2 is 1.96 bits per heavy atom. The van der Waals surface area contributed by atoms with Crippen molar-refractivity contribution < 1.29 is 24.2 Å². The molecule has 4 atom stereocenters. The van der Waals surface area contributed by atoms with Crippen LogP contribution in [0.2, 0.25) is 0 Å². The number of carbonyl (C=O) groups excluding carboxylic acids is 2. The number of allylic oxidation sites excluding steroid dienone is 2. The normalized spacial score (nSPS) is 27.6. The van der Waals surface area contributed by atoms with Crippen molar-refractivity contribution in [3.8, 4) is 0 Å². The number of carboxylic acid groups (broad SMARTS) is 1. The van der Waals surface area contributed by atoms with Gasteiger partial charge in [-0.25, -0.2) is 4.79 Å². The minimum absolute atomic E-state index is 0.0431. The summed E-state index contributed by atoms with van der Waals surface area (Å²) in [7, 11) is 0. The topological polar surface area (TPSA) is 92.7 Å². The summed E-state index contributed by atoms with van der Waals surface area (Å²) in [6.45, 7) is 2.28. The molecule has 1 amide bonds. The SMILES string of the molecule is CCCOC(=O)c1c(NC(=O)C2C3C=CC(C3)C2C(=O)O)sc2c1CCC2. The average molecular weight is 389 g/mol. The number of ether oxygens (including phenoxy) is 1. The first-order chi connectivity index (χ1) is 13.0. The number of hydrogen-bond acceptors (Lipinski definition) is 5. The van der Waals surface area contributed by atoms with Gasteiger partial charge in [0, 0.05) is 4.88 Å². The second-order valence-electron chi connectivity index (χ2n) is 7.52. The number of esters is 1. The molecule has 4 unspecified atom stereocenters. The van der Waals surface area contributed by atoms with E-state index in [0.717, 1.165) is 36.1 Å². The fourth-order valence-electron chi connectivity index (χ4n) is 4.69. The van der Waals surface area contributed by atoms with Gasteiger partial charge in [0.05, 0.1) is 24.0 Å². The van der Waals surface area contributed by atoms with Crippen molar-refractivity contribution in [2.24, 2.45) is 23.7 Å². The van der Waals surface area contributed by atoms with Crippen LogP contribution in [0.15, 0.2) is 12.2 Å². The van der Waals surface area contributed by atoms with E-state index in [9.17, 15) is 19.5 Å². The third kappa shape index (κ3) is 3.08. The number of hydrogen-bond donors (Lipinski definition) is 2. The second kappa shape index (κ2) is 7.11. The van der Waals surface area contributed by atoms with E-state index in [-0.39, 0.29) is 17.7 Å². The summed E-state index contributed by atoms with van der Waals surface area (Å²) in [5.74, 6) is -3.03. The Bertz CT molecular complexity index is 827. The number of carbonyl (C=O) groups is 3. The van der Waals surface area contributed by atoms with Crippen LogP contribution in [0.5, 0.6) is 0 Å². The number of carboxylic acids is 1. The van der Waals surface area contributed by atoms with Crippen molar-refractivity contribution in [3.63, 3.8) is 0 Å².